The molecule has 0 fully saturated rings. The zero-order valence-electron chi connectivity index (χ0n) is 24.2. The summed E-state index contributed by atoms with van der Waals surface area (Å²) in [6, 6.07) is 9.58. The first-order valence-electron chi connectivity index (χ1n) is 14.0. The maximum Gasteiger partial charge on any atom is 0.305 e. The van der Waals surface area contributed by atoms with Crippen LogP contribution in [0, 0.1) is 16.6 Å². The molecule has 2 aliphatic carbocycles. The van der Waals surface area contributed by atoms with Crippen molar-refractivity contribution in [2.24, 2.45) is 10.8 Å². The van der Waals surface area contributed by atoms with E-state index in [1.165, 1.54) is 6.07 Å². The molecule has 0 spiro atoms. The predicted octanol–water partition coefficient (Wildman–Crippen LogP) is 7.87. The third-order valence-electron chi connectivity index (χ3n) is 8.25. The van der Waals surface area contributed by atoms with Crippen LogP contribution < -0.4 is 4.74 Å². The highest BCUT2D eigenvalue weighted by Gasteiger charge is 2.49. The molecule has 0 aromatic heterocycles. The molecule has 42 heavy (non-hydrogen) atoms. The van der Waals surface area contributed by atoms with Gasteiger partial charge in [0.2, 0.25) is 0 Å². The summed E-state index contributed by atoms with van der Waals surface area (Å²) in [6.45, 7) is 8.17. The number of hydrogen-bond donors (Lipinski definition) is 1. The molecule has 0 unspecified atom stereocenters. The van der Waals surface area contributed by atoms with Gasteiger partial charge in [0, 0.05) is 53.4 Å². The summed E-state index contributed by atoms with van der Waals surface area (Å²) in [7, 11) is 0. The topological polar surface area (TPSA) is 83.9 Å². The second-order valence-electron chi connectivity index (χ2n) is 13.0. The van der Waals surface area contributed by atoms with E-state index in [-0.39, 0.29) is 57.8 Å². The van der Waals surface area contributed by atoms with Crippen LogP contribution in [0.2, 0.25) is 10.0 Å². The average molecular weight is 615 g/mol. The van der Waals surface area contributed by atoms with E-state index in [1.807, 2.05) is 32.6 Å². The van der Waals surface area contributed by atoms with Crippen LogP contribution >= 0.6 is 23.2 Å². The van der Waals surface area contributed by atoms with Gasteiger partial charge in [-0.1, -0.05) is 69.1 Å². The standard InChI is InChI=1S/C33H34Cl2FNO5/c1-32(2)13-23-29(25(38)15-32)28(30-24(37(23)10-9-27(40)41)14-33(3,4)16-26(30)39)19-11-20(34)31(21(35)12-19)42-17-18-7-5-6-8-22(18)36/h5-8,11-12,28H,9-10,13-17H2,1-4H3,(H,40,41). The summed E-state index contributed by atoms with van der Waals surface area (Å²) in [4.78, 5) is 41.4. The Morgan fingerprint density at radius 1 is 0.952 bits per heavy atom. The summed E-state index contributed by atoms with van der Waals surface area (Å²) in [5, 5.41) is 9.90. The van der Waals surface area contributed by atoms with E-state index >= 15 is 0 Å². The zero-order chi connectivity index (χ0) is 30.6. The van der Waals surface area contributed by atoms with Gasteiger partial charge in [-0.2, -0.15) is 0 Å². The fraction of sp³-hybridized carbons (Fsp3) is 0.424. The first kappa shape index (κ1) is 30.3. The van der Waals surface area contributed by atoms with Gasteiger partial charge < -0.3 is 14.7 Å². The van der Waals surface area contributed by atoms with Crippen LogP contribution in [0.15, 0.2) is 58.9 Å². The normalized spacial score (nSPS) is 20.0. The van der Waals surface area contributed by atoms with Crippen LogP contribution in [0.5, 0.6) is 5.75 Å². The lowest BCUT2D eigenvalue weighted by Crippen LogP contribution is -2.45. The van der Waals surface area contributed by atoms with Crippen LogP contribution in [0.1, 0.15) is 76.8 Å². The van der Waals surface area contributed by atoms with Gasteiger partial charge in [-0.3, -0.25) is 14.4 Å². The maximum absolute atomic E-state index is 14.2. The van der Waals surface area contributed by atoms with E-state index in [0.29, 0.717) is 48.0 Å². The number of aliphatic carboxylic acids is 1. The van der Waals surface area contributed by atoms with Crippen molar-refractivity contribution in [3.63, 3.8) is 0 Å². The van der Waals surface area contributed by atoms with E-state index in [1.54, 1.807) is 30.3 Å². The molecule has 0 atom stereocenters. The first-order valence-corrected chi connectivity index (χ1v) is 14.8. The van der Waals surface area contributed by atoms with Crippen LogP contribution in [-0.2, 0) is 21.0 Å². The van der Waals surface area contributed by atoms with E-state index in [4.69, 9.17) is 27.9 Å². The summed E-state index contributed by atoms with van der Waals surface area (Å²) in [5.74, 6) is -2.04. The molecule has 0 bridgehead atoms. The van der Waals surface area contributed by atoms with Gasteiger partial charge in [0.05, 0.1) is 16.5 Å². The van der Waals surface area contributed by atoms with Gasteiger partial charge >= 0.3 is 5.97 Å². The Balaban J connectivity index is 1.64. The minimum Gasteiger partial charge on any atom is -0.486 e. The molecule has 222 valence electrons. The largest absolute Gasteiger partial charge is 0.486 e. The van der Waals surface area contributed by atoms with Crippen molar-refractivity contribution in [3.05, 3.63) is 85.9 Å². The van der Waals surface area contributed by atoms with Crippen molar-refractivity contribution in [3.8, 4) is 5.75 Å². The van der Waals surface area contributed by atoms with Gasteiger partial charge in [0.1, 0.15) is 12.4 Å². The third-order valence-corrected chi connectivity index (χ3v) is 8.82. The predicted molar refractivity (Wildman–Crippen MR) is 159 cm³/mol. The number of benzene rings is 2. The molecule has 1 aliphatic heterocycles. The summed E-state index contributed by atoms with van der Waals surface area (Å²) in [6.07, 6.45) is 1.57. The van der Waals surface area contributed by atoms with E-state index in [2.05, 4.69) is 0 Å². The molecule has 2 aromatic rings. The quantitative estimate of drug-likeness (QED) is 0.342. The number of nitrogens with zero attached hydrogens (tertiary/aromatic N) is 1. The molecule has 5 rings (SSSR count). The van der Waals surface area contributed by atoms with Crippen LogP contribution in [-0.4, -0.2) is 34.1 Å². The lowest BCUT2D eigenvalue weighted by atomic mass is 9.63. The second-order valence-corrected chi connectivity index (χ2v) is 13.8. The van der Waals surface area contributed by atoms with Gasteiger partial charge in [-0.15, -0.1) is 0 Å². The van der Waals surface area contributed by atoms with Crippen molar-refractivity contribution in [1.82, 2.24) is 4.90 Å². The molecule has 6 nitrogen and oxygen atoms in total. The number of carbonyl (C=O) groups is 3. The molecule has 0 amide bonds. The molecular weight excluding hydrogens is 580 g/mol. The minimum absolute atomic E-state index is 0.0807. The highest BCUT2D eigenvalue weighted by atomic mass is 35.5. The number of carboxylic acids is 1. The summed E-state index contributed by atoms with van der Waals surface area (Å²) >= 11 is 13.4. The average Bonchev–Trinajstić information content (AvgIpc) is 2.86. The van der Waals surface area contributed by atoms with Crippen molar-refractivity contribution < 1.29 is 28.6 Å². The summed E-state index contributed by atoms with van der Waals surface area (Å²) < 4.78 is 20.0. The van der Waals surface area contributed by atoms with Crippen molar-refractivity contribution in [2.75, 3.05) is 6.54 Å². The van der Waals surface area contributed by atoms with E-state index < -0.39 is 17.7 Å². The second kappa shape index (κ2) is 11.2. The SMILES string of the molecule is CC1(C)CC(=O)C2=C(C1)N(CCC(=O)O)C1=C(C(=O)CC(C)(C)C1)C2c1cc(Cl)c(OCc2ccccc2F)c(Cl)c1. The van der Waals surface area contributed by atoms with Gasteiger partial charge in [-0.25, -0.2) is 4.39 Å². The summed E-state index contributed by atoms with van der Waals surface area (Å²) in [5.41, 5.74) is 2.78. The molecule has 3 aliphatic rings. The Kier molecular flexibility index (Phi) is 8.05. The first-order chi connectivity index (χ1) is 19.7. The Labute approximate surface area is 255 Å². The number of hydrogen-bond acceptors (Lipinski definition) is 5. The molecule has 9 heteroatoms. The highest BCUT2D eigenvalue weighted by molar-refractivity contribution is 6.37. The van der Waals surface area contributed by atoms with E-state index in [9.17, 15) is 23.9 Å². The minimum atomic E-state index is -0.950. The van der Waals surface area contributed by atoms with E-state index in [0.717, 1.165) is 11.4 Å². The Morgan fingerprint density at radius 2 is 1.48 bits per heavy atom. The monoisotopic (exact) mass is 613 g/mol. The van der Waals surface area contributed by atoms with Gasteiger partial charge in [0.25, 0.3) is 0 Å². The van der Waals surface area contributed by atoms with Crippen molar-refractivity contribution in [1.29, 1.82) is 0 Å². The number of halogens is 3. The lowest BCUT2D eigenvalue weighted by Gasteiger charge is -2.49. The van der Waals surface area contributed by atoms with Crippen LogP contribution in [0.4, 0.5) is 4.39 Å². The van der Waals surface area contributed by atoms with Crippen LogP contribution in [0.25, 0.3) is 0 Å². The zero-order valence-corrected chi connectivity index (χ0v) is 25.7. The number of ketones is 2. The smallest absolute Gasteiger partial charge is 0.305 e. The molecular formula is C33H34Cl2FNO5. The molecule has 0 radical (unpaired) electrons. The fourth-order valence-electron chi connectivity index (χ4n) is 6.51. The molecule has 1 heterocycles. The number of allylic oxidation sites excluding steroid dienone is 4. The molecule has 1 N–H and O–H groups in total. The number of ether oxygens (including phenoxy) is 1. The maximum atomic E-state index is 14.2. The highest BCUT2D eigenvalue weighted by Crippen LogP contribution is 2.55. The number of carbonyl (C=O) groups excluding carboxylic acids is 2. The Hall–Kier alpha value is -3.16. The number of Topliss-reactive ketones (excluding diaryl/α,β-unsaturated/α-hetero) is 2. The third kappa shape index (κ3) is 5.86. The fourth-order valence-corrected chi connectivity index (χ4v) is 7.12. The van der Waals surface area contributed by atoms with Gasteiger partial charge in [-0.05, 0) is 47.4 Å². The van der Waals surface area contributed by atoms with Gasteiger partial charge in [0.15, 0.2) is 17.3 Å². The van der Waals surface area contributed by atoms with Crippen LogP contribution in [0.3, 0.4) is 0 Å². The van der Waals surface area contributed by atoms with Crippen molar-refractivity contribution >= 4 is 40.7 Å². The Morgan fingerprint density at radius 3 is 1.98 bits per heavy atom. The molecule has 0 saturated heterocycles. The lowest BCUT2D eigenvalue weighted by molar-refractivity contribution is -0.137. The Bertz CT molecular complexity index is 1480. The number of carboxylic acid groups (broad SMARTS) is 1. The molecule has 0 saturated carbocycles. The van der Waals surface area contributed by atoms with Crippen molar-refractivity contribution in [2.45, 2.75) is 72.3 Å². The molecule has 2 aromatic carbocycles. The number of rotatable bonds is 7.